The standard InChI is InChI=1S/C23H19ClN6O5S2.C22H16ClN5O6S2.2C21H16ClN5O5S2/c1-29-9-8-25-21(29)13-2-4-16-14(10-13)11-19(31)30(22(16)32)18-6-3-15(12-26-18)27-23(33)28-37(34,35)20-7-5-17(24)36-20;23-16-4-6-19(35-16)36(32,33)27-22(31)26-14-2-5-17(25-11-14)28-18(29)10-13-9-12(20-24-7-8-34-20)1-3-15(13)21(28)30;22-16-4-6-19(33-16)34(31,32)26-21(30)25-11-1-5-17(24-10-11)27-18(28)9-14-12-7-8-23-15(12)3-2-13(14)20(27)29;22-16-2-4-19(33-16)34(31,32)26-21(30)25-13-1-3-17(24-10-13)27-18(28)9-12-8-15-11(5-6-23-15)7-14(12)20(27)29/h2-7,10,12H,8-9,11H2,1H3,(H2,27,28,33);1-6,9,11H,7-8,10H2,(H2,26,27,31);1-6,10,23H,7-9H2,(H2,25,26,30);1-4,7-8,10,23H,5-6,9H2,(H2,25,26,30). The fourth-order valence-electron chi connectivity index (χ4n) is 15.4. The molecule has 10 N–H and O–H groups in total. The Morgan fingerprint density at radius 2 is 0.730 bits per heavy atom. The Labute approximate surface area is 835 Å². The summed E-state index contributed by atoms with van der Waals surface area (Å²) in [5.41, 5.74) is 10.4. The number of aromatic nitrogens is 4. The third kappa shape index (κ3) is 21.6. The number of hydrogen-bond acceptors (Lipinski definition) is 34. The monoisotopic (exact) mass is 2140 g/mol. The van der Waals surface area contributed by atoms with Crippen LogP contribution in [0, 0.1) is 0 Å². The number of thiophene rings is 4. The molecule has 0 fully saturated rings. The molecule has 0 saturated carbocycles. The largest absolute Gasteiger partial charge is 0.476 e. The van der Waals surface area contributed by atoms with Crippen LogP contribution in [0.15, 0.2) is 209 Å². The lowest BCUT2D eigenvalue weighted by Crippen LogP contribution is -2.43. The summed E-state index contributed by atoms with van der Waals surface area (Å²) < 4.78 is 112. The van der Waals surface area contributed by atoms with Crippen molar-refractivity contribution in [3.05, 3.63) is 267 Å². The normalized spacial score (nSPS) is 15.1. The van der Waals surface area contributed by atoms with Crippen LogP contribution >= 0.6 is 91.8 Å². The van der Waals surface area contributed by atoms with Gasteiger partial charge in [-0.25, -0.2) is 116 Å². The summed E-state index contributed by atoms with van der Waals surface area (Å²) in [6.07, 6.45) is 6.59. The summed E-state index contributed by atoms with van der Waals surface area (Å²) in [4.78, 5) is 183. The number of carbonyl (C=O) groups excluding carboxylic acids is 12. The van der Waals surface area contributed by atoms with Crippen LogP contribution in [-0.2, 0) is 103 Å². The van der Waals surface area contributed by atoms with Gasteiger partial charge in [-0.05, 0) is 198 Å². The van der Waals surface area contributed by atoms with Crippen LogP contribution in [0.5, 0.6) is 0 Å². The van der Waals surface area contributed by atoms with E-state index in [0.717, 1.165) is 137 Å². The lowest BCUT2D eigenvalue weighted by molar-refractivity contribution is -0.118. The van der Waals surface area contributed by atoms with E-state index in [0.29, 0.717) is 70.1 Å². The van der Waals surface area contributed by atoms with Gasteiger partial charge in [0, 0.05) is 71.4 Å². The van der Waals surface area contributed by atoms with E-state index >= 15 is 0 Å². The molecule has 0 bridgehead atoms. The molecular formula is C87H67Cl4N21O21S8. The van der Waals surface area contributed by atoms with Gasteiger partial charge in [0.1, 0.15) is 52.6 Å². The molecule has 8 aromatic heterocycles. The van der Waals surface area contributed by atoms with E-state index in [4.69, 9.17) is 51.1 Å². The Morgan fingerprint density at radius 1 is 0.369 bits per heavy atom. The van der Waals surface area contributed by atoms with E-state index in [-0.39, 0.29) is 106 Å². The summed E-state index contributed by atoms with van der Waals surface area (Å²) in [5.74, 6) is -2.03. The molecule has 141 heavy (non-hydrogen) atoms. The highest BCUT2D eigenvalue weighted by atomic mass is 35.5. The molecule has 0 unspecified atom stereocenters. The van der Waals surface area contributed by atoms with E-state index in [2.05, 4.69) is 61.8 Å². The molecule has 722 valence electrons. The number of aliphatic imine (C=N–C) groups is 2. The number of amidine groups is 1. The number of fused-ring (bicyclic) bond motifs is 7. The number of benzene rings is 4. The van der Waals surface area contributed by atoms with Crippen molar-refractivity contribution in [2.75, 3.05) is 97.9 Å². The van der Waals surface area contributed by atoms with Crippen molar-refractivity contribution in [2.24, 2.45) is 9.98 Å². The number of amides is 16. The fourth-order valence-corrected chi connectivity index (χ4v) is 25.0. The van der Waals surface area contributed by atoms with Crippen molar-refractivity contribution in [3.63, 3.8) is 0 Å². The van der Waals surface area contributed by atoms with Crippen molar-refractivity contribution in [3.8, 4) is 0 Å². The lowest BCUT2D eigenvalue weighted by atomic mass is 9.92. The molecular weight excluding hydrogens is 2070 g/mol. The number of halogens is 4. The predicted octanol–water partition coefficient (Wildman–Crippen LogP) is 11.6. The summed E-state index contributed by atoms with van der Waals surface area (Å²) in [5, 5.41) is 15.9. The maximum Gasteiger partial charge on any atom is 0.333 e. The first-order valence-corrected chi connectivity index (χ1v) is 52.2. The molecule has 42 nitrogen and oxygen atoms in total. The molecule has 12 aromatic rings. The second kappa shape index (κ2) is 40.3. The number of nitrogens with zero attached hydrogens (tertiary/aromatic N) is 11. The van der Waals surface area contributed by atoms with Gasteiger partial charge in [0.2, 0.25) is 29.5 Å². The van der Waals surface area contributed by atoms with E-state index in [1.807, 2.05) is 61.2 Å². The first kappa shape index (κ1) is 98.0. The maximum atomic E-state index is 13.1. The molecule has 54 heteroatoms. The van der Waals surface area contributed by atoms with Crippen LogP contribution in [0.4, 0.5) is 76.6 Å². The Morgan fingerprint density at radius 3 is 1.10 bits per heavy atom. The number of likely N-dealkylation sites (N-methyl/N-ethyl adjacent to an activating group) is 1. The Bertz CT molecular complexity index is 7680. The molecule has 0 atom stereocenters. The van der Waals surface area contributed by atoms with Gasteiger partial charge in [-0.15, -0.1) is 45.3 Å². The molecule has 0 saturated heterocycles. The zero-order valence-electron chi connectivity index (χ0n) is 72.1. The Balaban J connectivity index is 0.000000130. The van der Waals surface area contributed by atoms with Gasteiger partial charge in [-0.1, -0.05) is 52.5 Å². The van der Waals surface area contributed by atoms with Crippen LogP contribution < -0.4 is 70.4 Å². The summed E-state index contributed by atoms with van der Waals surface area (Å²) >= 11 is 26.2. The number of ether oxygens (including phenoxy) is 1. The first-order valence-electron chi connectivity index (χ1n) is 41.4. The summed E-state index contributed by atoms with van der Waals surface area (Å²) in [7, 11) is -14.4. The van der Waals surface area contributed by atoms with Crippen LogP contribution in [0.1, 0.15) is 85.9 Å². The van der Waals surface area contributed by atoms with Crippen molar-refractivity contribution >= 4 is 272 Å². The number of urea groups is 4. The summed E-state index contributed by atoms with van der Waals surface area (Å²) in [6.45, 7) is 4.13. The highest BCUT2D eigenvalue weighted by Gasteiger charge is 2.41. The molecule has 16 amide bonds. The van der Waals surface area contributed by atoms with Crippen molar-refractivity contribution in [1.82, 2.24) is 43.7 Å². The third-order valence-electron chi connectivity index (χ3n) is 21.7. The number of anilines is 10. The van der Waals surface area contributed by atoms with Crippen LogP contribution in [0.3, 0.4) is 0 Å². The fraction of sp³-hybridized carbons (Fsp3) is 0.149. The van der Waals surface area contributed by atoms with Crippen molar-refractivity contribution < 1.29 is 95.9 Å². The number of hydrogen-bond donors (Lipinski definition) is 10. The maximum absolute atomic E-state index is 13.1. The highest BCUT2D eigenvalue weighted by molar-refractivity contribution is 7.93. The first-order chi connectivity index (χ1) is 67.3. The zero-order valence-corrected chi connectivity index (χ0v) is 81.6. The highest BCUT2D eigenvalue weighted by Crippen LogP contribution is 2.39. The van der Waals surface area contributed by atoms with Gasteiger partial charge in [0.25, 0.3) is 63.7 Å². The number of sulfonamides is 4. The van der Waals surface area contributed by atoms with Gasteiger partial charge in [0.15, 0.2) is 0 Å². The van der Waals surface area contributed by atoms with E-state index < -0.39 is 111 Å². The van der Waals surface area contributed by atoms with Gasteiger partial charge >= 0.3 is 24.1 Å². The van der Waals surface area contributed by atoms with E-state index in [1.54, 1.807) is 30.3 Å². The molecule has 0 spiro atoms. The lowest BCUT2D eigenvalue weighted by Gasteiger charge is -2.27. The average molecular weight is 2140 g/mol. The molecule has 8 aliphatic rings. The van der Waals surface area contributed by atoms with Gasteiger partial charge in [-0.3, -0.25) is 43.3 Å². The molecule has 0 radical (unpaired) electrons. The minimum Gasteiger partial charge on any atom is -0.476 e. The second-order valence-electron chi connectivity index (χ2n) is 31.0. The van der Waals surface area contributed by atoms with Gasteiger partial charge in [0.05, 0.1) is 104 Å². The number of nitrogens with one attached hydrogen (secondary N) is 10. The third-order valence-corrected chi connectivity index (χ3v) is 33.9. The van der Waals surface area contributed by atoms with Crippen molar-refractivity contribution in [2.45, 2.75) is 55.4 Å². The molecule has 20 rings (SSSR count). The summed E-state index contributed by atoms with van der Waals surface area (Å²) in [6, 6.07) is 35.5. The average Bonchev–Trinajstić information content (AvgIpc) is 1.75. The number of imide groups is 4. The van der Waals surface area contributed by atoms with E-state index in [9.17, 15) is 91.2 Å². The second-order valence-corrected chi connectivity index (χ2v) is 45.5. The van der Waals surface area contributed by atoms with Crippen LogP contribution in [-0.4, -0.2) is 188 Å². The molecule has 16 heterocycles. The van der Waals surface area contributed by atoms with Gasteiger partial charge < -0.3 is 41.5 Å². The van der Waals surface area contributed by atoms with Crippen LogP contribution in [0.2, 0.25) is 17.3 Å². The minimum atomic E-state index is -4.10. The molecule has 4 aromatic carbocycles. The topological polar surface area (TPSA) is 563 Å². The van der Waals surface area contributed by atoms with Crippen LogP contribution in [0.25, 0.3) is 0 Å². The van der Waals surface area contributed by atoms with E-state index in [1.165, 1.54) is 122 Å². The predicted molar refractivity (Wildman–Crippen MR) is 525 cm³/mol. The SMILES string of the molecule is CN1CCN=C1c1ccc2c(c1)CC(=O)N(c1ccc(NC(=O)NS(=O)(=O)c3ccc(Cl)s3)cn1)C2=O.O=C(Nc1ccc(N2C(=O)Cc3c(ccc4c3CCN4)C2=O)nc1)NS(=O)(=O)c1ccc(Cl)s1.O=C(Nc1ccc(N2C(=O)Cc3cc(C4=NCCO4)ccc3C2=O)nc1)NS(=O)(=O)c1ccc(Cl)s1.O=C(Nc1ccc(N2C(=O)Cc3cc4c(cc3C2=O)CCN4)nc1)NS(=O)(=O)c1ccc(Cl)s1. The smallest absolute Gasteiger partial charge is 0.333 e. The molecule has 8 aliphatic heterocycles. The Kier molecular flexibility index (Phi) is 28.0. The number of rotatable bonds is 18. The van der Waals surface area contributed by atoms with Crippen molar-refractivity contribution in [1.29, 1.82) is 0 Å². The van der Waals surface area contributed by atoms with Gasteiger partial charge in [-0.2, -0.15) is 0 Å². The Hall–Kier alpha value is -14.6. The molecule has 0 aliphatic carbocycles. The number of carbonyl (C=O) groups is 12. The quantitative estimate of drug-likeness (QED) is 0.0357. The number of pyridine rings is 4. The minimum absolute atomic E-state index is 0.0145. The zero-order chi connectivity index (χ0) is 99.8.